The van der Waals surface area contributed by atoms with Gasteiger partial charge in [-0.3, -0.25) is 4.79 Å². The molecule has 0 amide bonds. The molecule has 0 aromatic carbocycles. The lowest BCUT2D eigenvalue weighted by atomic mass is 9.97. The Balaban J connectivity index is 3.31. The van der Waals surface area contributed by atoms with Crippen LogP contribution in [0.3, 0.4) is 0 Å². The molecule has 0 radical (unpaired) electrons. The van der Waals surface area contributed by atoms with E-state index in [4.69, 9.17) is 10.5 Å². The SMILES string of the molecule is CC(=O)/C(C(C)=C(C#N)C#N)=C(/C)N1CCCC1. The molecule has 0 atom stereocenters. The second-order valence-corrected chi connectivity index (χ2v) is 4.43. The van der Waals surface area contributed by atoms with Crippen LogP contribution in [0.15, 0.2) is 22.4 Å². The van der Waals surface area contributed by atoms with E-state index in [0.717, 1.165) is 31.6 Å². The highest BCUT2D eigenvalue weighted by Crippen LogP contribution is 2.24. The summed E-state index contributed by atoms with van der Waals surface area (Å²) in [4.78, 5) is 13.9. The Morgan fingerprint density at radius 3 is 1.94 bits per heavy atom. The predicted molar refractivity (Wildman–Crippen MR) is 68.1 cm³/mol. The zero-order chi connectivity index (χ0) is 13.7. The van der Waals surface area contributed by atoms with Crippen molar-refractivity contribution in [1.82, 2.24) is 4.90 Å². The van der Waals surface area contributed by atoms with Crippen LogP contribution in [0.2, 0.25) is 0 Å². The second kappa shape index (κ2) is 6.02. The lowest BCUT2D eigenvalue weighted by Gasteiger charge is -2.22. The van der Waals surface area contributed by atoms with Gasteiger partial charge in [-0.25, -0.2) is 0 Å². The topological polar surface area (TPSA) is 67.9 Å². The van der Waals surface area contributed by atoms with E-state index >= 15 is 0 Å². The number of likely N-dealkylation sites (tertiary alicyclic amines) is 1. The number of hydrogen-bond donors (Lipinski definition) is 0. The van der Waals surface area contributed by atoms with Gasteiger partial charge in [0.25, 0.3) is 0 Å². The molecule has 4 nitrogen and oxygen atoms in total. The fourth-order valence-corrected chi connectivity index (χ4v) is 2.32. The van der Waals surface area contributed by atoms with Crippen LogP contribution >= 0.6 is 0 Å². The molecule has 94 valence electrons. The molecule has 0 spiro atoms. The van der Waals surface area contributed by atoms with E-state index < -0.39 is 0 Å². The van der Waals surface area contributed by atoms with Crippen molar-refractivity contribution in [2.45, 2.75) is 33.6 Å². The Morgan fingerprint density at radius 2 is 1.56 bits per heavy atom. The molecule has 18 heavy (non-hydrogen) atoms. The number of carbonyl (C=O) groups excluding carboxylic acids is 1. The summed E-state index contributed by atoms with van der Waals surface area (Å²) in [5, 5.41) is 17.8. The van der Waals surface area contributed by atoms with Crippen LogP contribution in [0.25, 0.3) is 0 Å². The van der Waals surface area contributed by atoms with E-state index in [1.807, 2.05) is 19.1 Å². The van der Waals surface area contributed by atoms with E-state index in [1.165, 1.54) is 6.92 Å². The Labute approximate surface area is 108 Å². The van der Waals surface area contributed by atoms with Crippen molar-refractivity contribution in [2.24, 2.45) is 0 Å². The maximum Gasteiger partial charge on any atom is 0.161 e. The number of allylic oxidation sites excluding steroid dienone is 4. The van der Waals surface area contributed by atoms with Crippen molar-refractivity contribution >= 4 is 5.78 Å². The molecule has 0 bridgehead atoms. The van der Waals surface area contributed by atoms with Gasteiger partial charge in [0.1, 0.15) is 17.7 Å². The van der Waals surface area contributed by atoms with E-state index in [0.29, 0.717) is 11.1 Å². The minimum atomic E-state index is -0.0973. The van der Waals surface area contributed by atoms with Crippen molar-refractivity contribution in [3.05, 3.63) is 22.4 Å². The molecule has 1 fully saturated rings. The number of hydrogen-bond acceptors (Lipinski definition) is 4. The molecule has 0 aliphatic carbocycles. The number of nitriles is 2. The van der Waals surface area contributed by atoms with E-state index in [-0.39, 0.29) is 11.4 Å². The first-order chi connectivity index (χ1) is 8.52. The monoisotopic (exact) mass is 243 g/mol. The van der Waals surface area contributed by atoms with Crippen molar-refractivity contribution < 1.29 is 4.79 Å². The van der Waals surface area contributed by atoms with Crippen LogP contribution < -0.4 is 0 Å². The number of Topliss-reactive ketones (excluding diaryl/α,β-unsaturated/α-hetero) is 1. The summed E-state index contributed by atoms with van der Waals surface area (Å²) in [6.45, 7) is 6.90. The summed E-state index contributed by atoms with van der Waals surface area (Å²) in [7, 11) is 0. The molecule has 0 aromatic heterocycles. The van der Waals surface area contributed by atoms with Crippen molar-refractivity contribution in [1.29, 1.82) is 10.5 Å². The quantitative estimate of drug-likeness (QED) is 0.433. The molecule has 1 aliphatic heterocycles. The standard InChI is InChI=1S/C14H17N3O/c1-10(13(8-15)9-16)14(12(3)18)11(2)17-6-4-5-7-17/h4-7H2,1-3H3/b14-11-. The summed E-state index contributed by atoms with van der Waals surface area (Å²) in [5.41, 5.74) is 1.88. The average molecular weight is 243 g/mol. The van der Waals surface area contributed by atoms with Crippen molar-refractivity contribution in [3.8, 4) is 12.1 Å². The molecular weight excluding hydrogens is 226 g/mol. The Hall–Kier alpha value is -2.07. The van der Waals surface area contributed by atoms with Crippen LogP contribution in [0.1, 0.15) is 33.6 Å². The van der Waals surface area contributed by atoms with E-state index in [1.54, 1.807) is 6.92 Å². The van der Waals surface area contributed by atoms with Gasteiger partial charge in [-0.1, -0.05) is 0 Å². The third-order valence-corrected chi connectivity index (χ3v) is 3.27. The van der Waals surface area contributed by atoms with Crippen LogP contribution in [-0.4, -0.2) is 23.8 Å². The van der Waals surface area contributed by atoms with Gasteiger partial charge in [0, 0.05) is 24.4 Å². The highest BCUT2D eigenvalue weighted by Gasteiger charge is 2.20. The van der Waals surface area contributed by atoms with Crippen LogP contribution in [-0.2, 0) is 4.79 Å². The lowest BCUT2D eigenvalue weighted by molar-refractivity contribution is -0.113. The summed E-state index contributed by atoms with van der Waals surface area (Å²) in [5.74, 6) is -0.0973. The van der Waals surface area contributed by atoms with Crippen molar-refractivity contribution in [3.63, 3.8) is 0 Å². The first-order valence-corrected chi connectivity index (χ1v) is 6.01. The van der Waals surface area contributed by atoms with Gasteiger partial charge < -0.3 is 4.90 Å². The third-order valence-electron chi connectivity index (χ3n) is 3.27. The smallest absolute Gasteiger partial charge is 0.161 e. The lowest BCUT2D eigenvalue weighted by Crippen LogP contribution is -2.21. The molecule has 1 heterocycles. The summed E-state index contributed by atoms with van der Waals surface area (Å²) >= 11 is 0. The van der Waals surface area contributed by atoms with E-state index in [2.05, 4.69) is 4.90 Å². The molecule has 1 saturated heterocycles. The normalized spacial score (nSPS) is 15.5. The van der Waals surface area contributed by atoms with Crippen LogP contribution in [0.4, 0.5) is 0 Å². The fourth-order valence-electron chi connectivity index (χ4n) is 2.32. The van der Waals surface area contributed by atoms with E-state index in [9.17, 15) is 4.79 Å². The largest absolute Gasteiger partial charge is 0.374 e. The van der Waals surface area contributed by atoms with Crippen molar-refractivity contribution in [2.75, 3.05) is 13.1 Å². The first-order valence-electron chi connectivity index (χ1n) is 6.01. The molecule has 0 N–H and O–H groups in total. The number of nitrogens with zero attached hydrogens (tertiary/aromatic N) is 3. The molecule has 0 aromatic rings. The van der Waals surface area contributed by atoms with Gasteiger partial charge in [-0.2, -0.15) is 10.5 Å². The Bertz CT molecular complexity index is 478. The summed E-state index contributed by atoms with van der Waals surface area (Å²) < 4.78 is 0. The molecule has 1 aliphatic rings. The third kappa shape index (κ3) is 2.78. The average Bonchev–Trinajstić information content (AvgIpc) is 2.83. The predicted octanol–water partition coefficient (Wildman–Crippen LogP) is 2.31. The van der Waals surface area contributed by atoms with Gasteiger partial charge in [-0.15, -0.1) is 0 Å². The Morgan fingerprint density at radius 1 is 1.06 bits per heavy atom. The summed E-state index contributed by atoms with van der Waals surface area (Å²) in [6, 6.07) is 3.69. The first kappa shape index (κ1) is 14.0. The molecule has 0 saturated carbocycles. The maximum atomic E-state index is 11.8. The maximum absolute atomic E-state index is 11.8. The highest BCUT2D eigenvalue weighted by molar-refractivity contribution is 5.98. The highest BCUT2D eigenvalue weighted by atomic mass is 16.1. The molecule has 1 rings (SSSR count). The van der Waals surface area contributed by atoms with Gasteiger partial charge in [-0.05, 0) is 39.2 Å². The second-order valence-electron chi connectivity index (χ2n) is 4.43. The van der Waals surface area contributed by atoms with Gasteiger partial charge in [0.2, 0.25) is 0 Å². The number of ketones is 1. The molecular formula is C14H17N3O. The number of carbonyl (C=O) groups is 1. The van der Waals surface area contributed by atoms with Gasteiger partial charge in [0.15, 0.2) is 5.78 Å². The fraction of sp³-hybridized carbons (Fsp3) is 0.500. The zero-order valence-electron chi connectivity index (χ0n) is 11.1. The molecule has 0 unspecified atom stereocenters. The van der Waals surface area contributed by atoms with Gasteiger partial charge >= 0.3 is 0 Å². The minimum Gasteiger partial charge on any atom is -0.374 e. The minimum absolute atomic E-state index is 0.0127. The summed E-state index contributed by atoms with van der Waals surface area (Å²) in [6.07, 6.45) is 2.24. The zero-order valence-corrected chi connectivity index (χ0v) is 11.1. The Kier molecular flexibility index (Phi) is 4.68. The van der Waals surface area contributed by atoms with Crippen LogP contribution in [0.5, 0.6) is 0 Å². The van der Waals surface area contributed by atoms with Crippen LogP contribution in [0, 0.1) is 22.7 Å². The molecule has 4 heteroatoms. The number of rotatable bonds is 3. The van der Waals surface area contributed by atoms with Gasteiger partial charge in [0.05, 0.1) is 0 Å².